The summed E-state index contributed by atoms with van der Waals surface area (Å²) in [6.07, 6.45) is 2.27. The Morgan fingerprint density at radius 1 is 1.35 bits per heavy atom. The molecule has 1 aliphatic rings. The predicted molar refractivity (Wildman–Crippen MR) is 95.3 cm³/mol. The van der Waals surface area contributed by atoms with Crippen LogP contribution in [-0.4, -0.2) is 43.2 Å². The molecule has 1 heterocycles. The summed E-state index contributed by atoms with van der Waals surface area (Å²) in [6, 6.07) is 5.05. The minimum Gasteiger partial charge on any atom is -0.378 e. The van der Waals surface area contributed by atoms with Gasteiger partial charge in [-0.15, -0.1) is 0 Å². The summed E-state index contributed by atoms with van der Waals surface area (Å²) in [4.78, 5) is 14.3. The number of amides is 1. The summed E-state index contributed by atoms with van der Waals surface area (Å²) in [5, 5.41) is 3.84. The number of nitrogens with zero attached hydrogens (tertiary/aromatic N) is 1. The molecule has 128 valence electrons. The molecular formula is C17H24Cl2N2O2. The van der Waals surface area contributed by atoms with Gasteiger partial charge < -0.3 is 10.1 Å². The number of carbonyl (C=O) groups excluding carboxylic acids is 1. The van der Waals surface area contributed by atoms with Gasteiger partial charge in [-0.1, -0.05) is 37.0 Å². The average Bonchev–Trinajstić information content (AvgIpc) is 2.49. The second-order valence-electron chi connectivity index (χ2n) is 6.38. The molecule has 0 aromatic heterocycles. The Balaban J connectivity index is 1.74. The van der Waals surface area contributed by atoms with Gasteiger partial charge in [0.1, 0.15) is 0 Å². The molecular weight excluding hydrogens is 335 g/mol. The van der Waals surface area contributed by atoms with E-state index in [1.54, 1.807) is 18.2 Å². The lowest BCUT2D eigenvalue weighted by Gasteiger charge is -2.31. The Kier molecular flexibility index (Phi) is 7.15. The third-order valence-electron chi connectivity index (χ3n) is 3.77. The molecule has 2 rings (SSSR count). The van der Waals surface area contributed by atoms with Crippen LogP contribution in [0.2, 0.25) is 10.0 Å². The molecule has 23 heavy (non-hydrogen) atoms. The number of piperidine rings is 1. The van der Waals surface area contributed by atoms with Crippen LogP contribution >= 0.6 is 23.2 Å². The smallest absolute Gasteiger partial charge is 0.238 e. The second-order valence-corrected chi connectivity index (χ2v) is 7.22. The van der Waals surface area contributed by atoms with Gasteiger partial charge in [-0.25, -0.2) is 0 Å². The van der Waals surface area contributed by atoms with E-state index in [0.717, 1.165) is 32.5 Å². The minimum atomic E-state index is -0.0595. The molecule has 6 heteroatoms. The highest BCUT2D eigenvalue weighted by atomic mass is 35.5. The van der Waals surface area contributed by atoms with E-state index in [-0.39, 0.29) is 5.91 Å². The number of likely N-dealkylation sites (tertiary alicyclic amines) is 1. The van der Waals surface area contributed by atoms with E-state index in [4.69, 9.17) is 27.9 Å². The number of halogens is 2. The lowest BCUT2D eigenvalue weighted by molar-refractivity contribution is -0.118. The number of anilines is 1. The summed E-state index contributed by atoms with van der Waals surface area (Å²) < 4.78 is 5.86. The van der Waals surface area contributed by atoms with Crippen LogP contribution in [0.3, 0.4) is 0 Å². The predicted octanol–water partition coefficient (Wildman–Crippen LogP) is 4.07. The fourth-order valence-corrected chi connectivity index (χ4v) is 3.00. The first-order chi connectivity index (χ1) is 10.9. The molecule has 1 amide bonds. The highest BCUT2D eigenvalue weighted by Gasteiger charge is 2.21. The molecule has 1 N–H and O–H groups in total. The molecule has 1 aliphatic heterocycles. The quantitative estimate of drug-likeness (QED) is 0.833. The van der Waals surface area contributed by atoms with Crippen molar-refractivity contribution in [2.45, 2.75) is 32.8 Å². The van der Waals surface area contributed by atoms with Crippen LogP contribution in [0, 0.1) is 5.92 Å². The number of hydrogen-bond donors (Lipinski definition) is 1. The fraction of sp³-hybridized carbons (Fsp3) is 0.588. The maximum absolute atomic E-state index is 12.1. The summed E-state index contributed by atoms with van der Waals surface area (Å²) in [5.41, 5.74) is 0.594. The monoisotopic (exact) mass is 358 g/mol. The van der Waals surface area contributed by atoms with Crippen molar-refractivity contribution < 1.29 is 9.53 Å². The van der Waals surface area contributed by atoms with Crippen molar-refractivity contribution in [1.82, 2.24) is 4.90 Å². The van der Waals surface area contributed by atoms with Gasteiger partial charge in [0.05, 0.1) is 23.4 Å². The number of benzene rings is 1. The van der Waals surface area contributed by atoms with Crippen LogP contribution in [0.4, 0.5) is 5.69 Å². The Morgan fingerprint density at radius 2 is 2.04 bits per heavy atom. The van der Waals surface area contributed by atoms with Crippen molar-refractivity contribution >= 4 is 34.8 Å². The standard InChI is InChI=1S/C17H24Cl2N2O2/c1-12(2)11-23-14-5-7-21(8-6-14)10-17(22)20-16-4-3-13(18)9-15(16)19/h3-4,9,12,14H,5-8,10-11H2,1-2H3,(H,20,22). The highest BCUT2D eigenvalue weighted by Crippen LogP contribution is 2.25. The van der Waals surface area contributed by atoms with E-state index < -0.39 is 0 Å². The van der Waals surface area contributed by atoms with Gasteiger partial charge in [-0.3, -0.25) is 9.69 Å². The van der Waals surface area contributed by atoms with Crippen LogP contribution in [0.15, 0.2) is 18.2 Å². The van der Waals surface area contributed by atoms with Crippen molar-refractivity contribution in [3.8, 4) is 0 Å². The molecule has 1 aromatic carbocycles. The molecule has 0 unspecified atom stereocenters. The zero-order valence-corrected chi connectivity index (χ0v) is 15.2. The summed E-state index contributed by atoms with van der Waals surface area (Å²) in [7, 11) is 0. The topological polar surface area (TPSA) is 41.6 Å². The number of nitrogens with one attached hydrogen (secondary N) is 1. The van der Waals surface area contributed by atoms with Crippen molar-refractivity contribution in [3.05, 3.63) is 28.2 Å². The van der Waals surface area contributed by atoms with Crippen LogP contribution < -0.4 is 5.32 Å². The number of carbonyl (C=O) groups is 1. The molecule has 0 saturated carbocycles. The van der Waals surface area contributed by atoms with Crippen LogP contribution in [-0.2, 0) is 9.53 Å². The lowest BCUT2D eigenvalue weighted by atomic mass is 10.1. The second kappa shape index (κ2) is 8.88. The minimum absolute atomic E-state index is 0.0595. The number of ether oxygens (including phenoxy) is 1. The maximum Gasteiger partial charge on any atom is 0.238 e. The zero-order valence-electron chi connectivity index (χ0n) is 13.6. The molecule has 1 fully saturated rings. The molecule has 0 radical (unpaired) electrons. The van der Waals surface area contributed by atoms with E-state index in [1.807, 2.05) is 0 Å². The molecule has 0 spiro atoms. The Morgan fingerprint density at radius 3 is 2.65 bits per heavy atom. The van der Waals surface area contributed by atoms with Crippen molar-refractivity contribution in [3.63, 3.8) is 0 Å². The first-order valence-corrected chi connectivity index (χ1v) is 8.78. The third kappa shape index (κ3) is 6.30. The number of rotatable bonds is 6. The third-order valence-corrected chi connectivity index (χ3v) is 4.32. The first-order valence-electron chi connectivity index (χ1n) is 8.03. The maximum atomic E-state index is 12.1. The van der Waals surface area contributed by atoms with E-state index >= 15 is 0 Å². The van der Waals surface area contributed by atoms with Crippen LogP contribution in [0.5, 0.6) is 0 Å². The van der Waals surface area contributed by atoms with E-state index in [9.17, 15) is 4.79 Å². The van der Waals surface area contributed by atoms with Gasteiger partial charge in [-0.2, -0.15) is 0 Å². The summed E-state index contributed by atoms with van der Waals surface area (Å²) >= 11 is 11.9. The largest absolute Gasteiger partial charge is 0.378 e. The SMILES string of the molecule is CC(C)COC1CCN(CC(=O)Nc2ccc(Cl)cc2Cl)CC1. The highest BCUT2D eigenvalue weighted by molar-refractivity contribution is 6.36. The van der Waals surface area contributed by atoms with Gasteiger partial charge in [0.25, 0.3) is 0 Å². The fourth-order valence-electron chi connectivity index (χ4n) is 2.55. The van der Waals surface area contributed by atoms with E-state index in [2.05, 4.69) is 24.1 Å². The first kappa shape index (κ1) is 18.5. The molecule has 1 aromatic rings. The van der Waals surface area contributed by atoms with Gasteiger partial charge in [-0.05, 0) is 37.0 Å². The Labute approximate surface area is 148 Å². The summed E-state index contributed by atoms with van der Waals surface area (Å²) in [6.45, 7) is 7.24. The van der Waals surface area contributed by atoms with Crippen molar-refractivity contribution in [1.29, 1.82) is 0 Å². The van der Waals surface area contributed by atoms with Crippen LogP contribution in [0.25, 0.3) is 0 Å². The van der Waals surface area contributed by atoms with Crippen molar-refractivity contribution in [2.75, 3.05) is 31.6 Å². The molecule has 0 atom stereocenters. The van der Waals surface area contributed by atoms with Gasteiger partial charge in [0, 0.05) is 24.7 Å². The molecule has 0 aliphatic carbocycles. The zero-order chi connectivity index (χ0) is 16.8. The Hall–Kier alpha value is -0.810. The number of hydrogen-bond acceptors (Lipinski definition) is 3. The molecule has 1 saturated heterocycles. The average molecular weight is 359 g/mol. The Bertz CT molecular complexity index is 529. The van der Waals surface area contributed by atoms with Gasteiger partial charge in [0.2, 0.25) is 5.91 Å². The van der Waals surface area contributed by atoms with Gasteiger partial charge in [0.15, 0.2) is 0 Å². The molecule has 0 bridgehead atoms. The normalized spacial score (nSPS) is 16.7. The van der Waals surface area contributed by atoms with E-state index in [0.29, 0.717) is 34.3 Å². The summed E-state index contributed by atoms with van der Waals surface area (Å²) in [5.74, 6) is 0.499. The van der Waals surface area contributed by atoms with Crippen molar-refractivity contribution in [2.24, 2.45) is 5.92 Å². The molecule has 4 nitrogen and oxygen atoms in total. The van der Waals surface area contributed by atoms with Crippen LogP contribution in [0.1, 0.15) is 26.7 Å². The van der Waals surface area contributed by atoms with Gasteiger partial charge >= 0.3 is 0 Å². The lowest BCUT2D eigenvalue weighted by Crippen LogP contribution is -2.41. The van der Waals surface area contributed by atoms with E-state index in [1.165, 1.54) is 0 Å².